The Morgan fingerprint density at radius 2 is 1.26 bits per heavy atom. The summed E-state index contributed by atoms with van der Waals surface area (Å²) < 4.78 is 88.9. The summed E-state index contributed by atoms with van der Waals surface area (Å²) in [7, 11) is -11.9. The second-order valence-corrected chi connectivity index (χ2v) is 16.2. The first-order valence-electron chi connectivity index (χ1n) is 12.1. The molecule has 3 aromatic heterocycles. The average Bonchev–Trinajstić information content (AvgIpc) is 3.76. The van der Waals surface area contributed by atoms with E-state index in [0.29, 0.717) is 5.76 Å². The van der Waals surface area contributed by atoms with Crippen molar-refractivity contribution in [3.8, 4) is 0 Å². The average molecular weight is 679 g/mol. The van der Waals surface area contributed by atoms with Gasteiger partial charge in [-0.05, 0) is 77.5 Å². The van der Waals surface area contributed by atoms with Gasteiger partial charge >= 0.3 is 0 Å². The molecule has 0 spiro atoms. The van der Waals surface area contributed by atoms with Gasteiger partial charge in [-0.2, -0.15) is 0 Å². The predicted molar refractivity (Wildman–Crippen MR) is 164 cm³/mol. The van der Waals surface area contributed by atoms with Crippen molar-refractivity contribution in [2.75, 3.05) is 14.8 Å². The maximum atomic E-state index is 13.2. The largest absolute Gasteiger partial charge is 0.468 e. The fourth-order valence-corrected chi connectivity index (χ4v) is 8.76. The number of benzene rings is 2. The molecule has 0 aliphatic heterocycles. The molecular formula is C26H22N4O8S5. The Labute approximate surface area is 255 Å². The van der Waals surface area contributed by atoms with Crippen molar-refractivity contribution in [2.24, 2.45) is 0 Å². The number of carbonyl (C=O) groups is 1. The zero-order valence-corrected chi connectivity index (χ0v) is 25.8. The van der Waals surface area contributed by atoms with Crippen LogP contribution >= 0.6 is 22.7 Å². The lowest BCUT2D eigenvalue weighted by Gasteiger charge is -2.13. The lowest BCUT2D eigenvalue weighted by atomic mass is 10.1. The second kappa shape index (κ2) is 12.3. The van der Waals surface area contributed by atoms with E-state index in [4.69, 9.17) is 4.42 Å². The van der Waals surface area contributed by atoms with Crippen LogP contribution in [-0.4, -0.2) is 31.2 Å². The van der Waals surface area contributed by atoms with E-state index >= 15 is 0 Å². The molecule has 17 heteroatoms. The normalized spacial score (nSPS) is 12.1. The SMILES string of the molecule is O=C(Nc1ccc(S(=O)(=O)NCc2ccco2)cc1)c1cc(NS(=O)(=O)c2cccs2)cc(NS(=O)(=O)c2cccs2)c1. The summed E-state index contributed by atoms with van der Waals surface area (Å²) in [5.41, 5.74) is 0.0374. The number of hydrogen-bond donors (Lipinski definition) is 4. The highest BCUT2D eigenvalue weighted by molar-refractivity contribution is 7.95. The zero-order chi connectivity index (χ0) is 30.7. The van der Waals surface area contributed by atoms with Crippen molar-refractivity contribution < 1.29 is 34.5 Å². The second-order valence-electron chi connectivity index (χ2n) is 8.76. The highest BCUT2D eigenvalue weighted by Crippen LogP contribution is 2.27. The number of hydrogen-bond acceptors (Lipinski definition) is 10. The number of sulfonamides is 3. The van der Waals surface area contributed by atoms with E-state index in [1.165, 1.54) is 60.9 Å². The molecule has 1 amide bonds. The molecule has 4 N–H and O–H groups in total. The molecule has 2 aromatic carbocycles. The molecule has 0 aliphatic rings. The van der Waals surface area contributed by atoms with Crippen LogP contribution in [0.3, 0.4) is 0 Å². The third kappa shape index (κ3) is 7.51. The fourth-order valence-electron chi connectivity index (χ4n) is 3.70. The van der Waals surface area contributed by atoms with Gasteiger partial charge < -0.3 is 9.73 Å². The van der Waals surface area contributed by atoms with E-state index in [-0.39, 0.29) is 42.5 Å². The molecule has 0 unspecified atom stereocenters. The number of carbonyl (C=O) groups excluding carboxylic acids is 1. The van der Waals surface area contributed by atoms with Gasteiger partial charge in [-0.15, -0.1) is 22.7 Å². The Morgan fingerprint density at radius 1 is 0.674 bits per heavy atom. The first-order valence-corrected chi connectivity index (χ1v) is 18.3. The molecule has 43 heavy (non-hydrogen) atoms. The van der Waals surface area contributed by atoms with Crippen LogP contribution in [0.25, 0.3) is 0 Å². The minimum atomic E-state index is -4.02. The summed E-state index contributed by atoms with van der Waals surface area (Å²) >= 11 is 1.97. The van der Waals surface area contributed by atoms with E-state index in [2.05, 4.69) is 19.5 Å². The molecule has 0 aliphatic carbocycles. The van der Waals surface area contributed by atoms with Crippen LogP contribution in [0.5, 0.6) is 0 Å². The fraction of sp³-hybridized carbons (Fsp3) is 0.0385. The van der Waals surface area contributed by atoms with Crippen molar-refractivity contribution in [3.63, 3.8) is 0 Å². The Balaban J connectivity index is 1.38. The Bertz CT molecular complexity index is 1960. The maximum Gasteiger partial charge on any atom is 0.271 e. The Morgan fingerprint density at radius 3 is 1.74 bits per heavy atom. The van der Waals surface area contributed by atoms with Crippen LogP contribution < -0.4 is 19.5 Å². The van der Waals surface area contributed by atoms with Crippen molar-refractivity contribution >= 4 is 75.7 Å². The number of rotatable bonds is 12. The molecule has 5 aromatic rings. The summed E-state index contributed by atoms with van der Waals surface area (Å²) in [5.74, 6) is -0.273. The van der Waals surface area contributed by atoms with Gasteiger partial charge in [0.1, 0.15) is 14.2 Å². The smallest absolute Gasteiger partial charge is 0.271 e. The number of anilines is 3. The monoisotopic (exact) mass is 678 g/mol. The van der Waals surface area contributed by atoms with Crippen molar-refractivity contribution in [1.82, 2.24) is 4.72 Å². The van der Waals surface area contributed by atoms with Gasteiger partial charge in [0.05, 0.1) is 29.1 Å². The minimum Gasteiger partial charge on any atom is -0.468 e. The van der Waals surface area contributed by atoms with Gasteiger partial charge in [-0.3, -0.25) is 14.2 Å². The molecule has 0 saturated heterocycles. The van der Waals surface area contributed by atoms with Gasteiger partial charge in [-0.1, -0.05) is 12.1 Å². The predicted octanol–water partition coefficient (Wildman–Crippen LogP) is 4.74. The first-order chi connectivity index (χ1) is 20.4. The van der Waals surface area contributed by atoms with Crippen LogP contribution in [0.4, 0.5) is 17.1 Å². The number of furan rings is 1. The van der Waals surface area contributed by atoms with E-state index < -0.39 is 36.0 Å². The lowest BCUT2D eigenvalue weighted by molar-refractivity contribution is 0.102. The van der Waals surface area contributed by atoms with Gasteiger partial charge in [0.15, 0.2) is 0 Å². The topological polar surface area (TPSA) is 181 Å². The van der Waals surface area contributed by atoms with E-state index in [0.717, 1.165) is 22.7 Å². The van der Waals surface area contributed by atoms with Gasteiger partial charge in [0, 0.05) is 11.3 Å². The molecule has 5 rings (SSSR count). The number of amides is 1. The van der Waals surface area contributed by atoms with Crippen LogP contribution in [-0.2, 0) is 36.6 Å². The van der Waals surface area contributed by atoms with E-state index in [1.807, 2.05) is 0 Å². The maximum absolute atomic E-state index is 13.2. The van der Waals surface area contributed by atoms with Crippen LogP contribution in [0.15, 0.2) is 114 Å². The lowest BCUT2D eigenvalue weighted by Crippen LogP contribution is -2.23. The van der Waals surface area contributed by atoms with Crippen LogP contribution in [0.1, 0.15) is 16.1 Å². The van der Waals surface area contributed by atoms with Crippen molar-refractivity contribution in [1.29, 1.82) is 0 Å². The quantitative estimate of drug-likeness (QED) is 0.146. The summed E-state index contributed by atoms with van der Waals surface area (Å²) in [6.45, 7) is -0.0427. The minimum absolute atomic E-state index is 0.0248. The third-order valence-corrected chi connectivity index (χ3v) is 12.6. The molecule has 0 fully saturated rings. The van der Waals surface area contributed by atoms with Gasteiger partial charge in [0.2, 0.25) is 10.0 Å². The zero-order valence-electron chi connectivity index (χ0n) is 21.8. The van der Waals surface area contributed by atoms with Gasteiger partial charge in [0.25, 0.3) is 26.0 Å². The Hall–Kier alpha value is -4.00. The highest BCUT2D eigenvalue weighted by Gasteiger charge is 2.21. The van der Waals surface area contributed by atoms with Gasteiger partial charge in [-0.25, -0.2) is 30.0 Å². The van der Waals surface area contributed by atoms with E-state index in [1.54, 1.807) is 35.0 Å². The molecule has 3 heterocycles. The third-order valence-electron chi connectivity index (χ3n) is 5.66. The van der Waals surface area contributed by atoms with Crippen LogP contribution in [0, 0.1) is 0 Å². The molecule has 0 saturated carbocycles. The summed E-state index contributed by atoms with van der Waals surface area (Å²) in [4.78, 5) is 13.2. The summed E-state index contributed by atoms with van der Waals surface area (Å²) in [6.07, 6.45) is 1.43. The summed E-state index contributed by atoms with van der Waals surface area (Å²) in [6, 6.07) is 18.3. The summed E-state index contributed by atoms with van der Waals surface area (Å²) in [5, 5.41) is 5.78. The molecule has 224 valence electrons. The van der Waals surface area contributed by atoms with Crippen molar-refractivity contribution in [2.45, 2.75) is 19.9 Å². The molecule has 0 atom stereocenters. The molecule has 12 nitrogen and oxygen atoms in total. The number of thiophene rings is 2. The van der Waals surface area contributed by atoms with Crippen LogP contribution in [0.2, 0.25) is 0 Å². The number of nitrogens with one attached hydrogen (secondary N) is 4. The molecule has 0 bridgehead atoms. The molecule has 0 radical (unpaired) electrons. The highest BCUT2D eigenvalue weighted by atomic mass is 32.3. The first kappa shape index (κ1) is 30.5. The van der Waals surface area contributed by atoms with E-state index in [9.17, 15) is 30.0 Å². The molecular weight excluding hydrogens is 657 g/mol. The van der Waals surface area contributed by atoms with Crippen molar-refractivity contribution in [3.05, 3.63) is 107 Å². The Kier molecular flexibility index (Phi) is 8.72. The standard InChI is InChI=1S/C26H22N4O8S5/c31-26(28-19-7-9-23(10-8-19)41(32,33)27-17-22-4-1-11-38-22)18-14-20(29-42(34,35)24-5-2-12-39-24)16-21(15-18)30-43(36,37)25-6-3-13-40-25/h1-16,27,29-30H,17H2,(H,28,31).